The third kappa shape index (κ3) is 0.939. The lowest BCUT2D eigenvalue weighted by Crippen LogP contribution is -1.94. The monoisotopic (exact) mass is 169 g/mol. The van der Waals surface area contributed by atoms with Gasteiger partial charge in [-0.3, -0.25) is 9.38 Å². The van der Waals surface area contributed by atoms with Crippen LogP contribution in [0.15, 0.2) is 24.8 Å². The first-order chi connectivity index (χ1) is 5.79. The molecular formula is C7H5F2N3. The minimum Gasteiger partial charge on any atom is -0.296 e. The SMILES string of the molecule is FC(F)c1ncc2cnccn12. The van der Waals surface area contributed by atoms with Crippen LogP contribution in [-0.4, -0.2) is 14.4 Å². The van der Waals surface area contributed by atoms with Crippen LogP contribution in [0.1, 0.15) is 12.2 Å². The van der Waals surface area contributed by atoms with Crippen LogP contribution in [0.25, 0.3) is 5.52 Å². The maximum atomic E-state index is 12.2. The van der Waals surface area contributed by atoms with Gasteiger partial charge >= 0.3 is 0 Å². The predicted octanol–water partition coefficient (Wildman–Crippen LogP) is 1.67. The molecule has 0 radical (unpaired) electrons. The van der Waals surface area contributed by atoms with Gasteiger partial charge in [0.25, 0.3) is 6.43 Å². The van der Waals surface area contributed by atoms with Crippen LogP contribution in [0.5, 0.6) is 0 Å². The molecule has 0 aliphatic rings. The first kappa shape index (κ1) is 7.15. The van der Waals surface area contributed by atoms with Crippen LogP contribution >= 0.6 is 0 Å². The molecule has 0 aliphatic heterocycles. The van der Waals surface area contributed by atoms with Crippen LogP contribution in [0, 0.1) is 0 Å². The maximum absolute atomic E-state index is 12.2. The summed E-state index contributed by atoms with van der Waals surface area (Å²) in [6.45, 7) is 0. The van der Waals surface area contributed by atoms with Crippen molar-refractivity contribution in [3.63, 3.8) is 0 Å². The third-order valence-corrected chi connectivity index (χ3v) is 1.56. The van der Waals surface area contributed by atoms with E-state index in [0.717, 1.165) is 0 Å². The number of rotatable bonds is 1. The molecule has 2 aromatic heterocycles. The predicted molar refractivity (Wildman–Crippen MR) is 37.9 cm³/mol. The lowest BCUT2D eigenvalue weighted by Gasteiger charge is -1.96. The van der Waals surface area contributed by atoms with Crippen LogP contribution in [0.3, 0.4) is 0 Å². The van der Waals surface area contributed by atoms with Gasteiger partial charge in [-0.1, -0.05) is 0 Å². The van der Waals surface area contributed by atoms with Gasteiger partial charge in [-0.05, 0) is 0 Å². The number of hydrogen-bond acceptors (Lipinski definition) is 2. The normalized spacial score (nSPS) is 11.2. The van der Waals surface area contributed by atoms with E-state index in [1.54, 1.807) is 0 Å². The van der Waals surface area contributed by atoms with Crippen molar-refractivity contribution in [2.75, 3.05) is 0 Å². The molecule has 0 atom stereocenters. The Labute approximate surface area is 66.7 Å². The van der Waals surface area contributed by atoms with Crippen molar-refractivity contribution in [3.05, 3.63) is 30.6 Å². The highest BCUT2D eigenvalue weighted by molar-refractivity contribution is 5.42. The molecule has 0 saturated carbocycles. The lowest BCUT2D eigenvalue weighted by atomic mass is 10.5. The lowest BCUT2D eigenvalue weighted by molar-refractivity contribution is 0.139. The number of fused-ring (bicyclic) bond motifs is 1. The molecule has 0 amide bonds. The molecular weight excluding hydrogens is 164 g/mol. The molecule has 0 unspecified atom stereocenters. The van der Waals surface area contributed by atoms with Crippen molar-refractivity contribution in [1.82, 2.24) is 14.4 Å². The minimum absolute atomic E-state index is 0.243. The summed E-state index contributed by atoms with van der Waals surface area (Å²) in [6, 6.07) is 0. The molecule has 0 spiro atoms. The van der Waals surface area contributed by atoms with E-state index in [1.807, 2.05) is 0 Å². The standard InChI is InChI=1S/C7H5F2N3/c8-6(9)7-11-4-5-3-10-1-2-12(5)7/h1-4,6H. The Balaban J connectivity index is 2.70. The molecule has 62 valence electrons. The fourth-order valence-electron chi connectivity index (χ4n) is 1.03. The molecule has 12 heavy (non-hydrogen) atoms. The zero-order valence-electron chi connectivity index (χ0n) is 5.98. The zero-order valence-corrected chi connectivity index (χ0v) is 5.98. The highest BCUT2D eigenvalue weighted by Crippen LogP contribution is 2.17. The average Bonchev–Trinajstić information content (AvgIpc) is 2.47. The van der Waals surface area contributed by atoms with Gasteiger partial charge < -0.3 is 0 Å². The summed E-state index contributed by atoms with van der Waals surface area (Å²) in [7, 11) is 0. The summed E-state index contributed by atoms with van der Waals surface area (Å²) in [5, 5.41) is 0. The largest absolute Gasteiger partial charge is 0.296 e. The first-order valence-electron chi connectivity index (χ1n) is 3.34. The summed E-state index contributed by atoms with van der Waals surface area (Å²) < 4.78 is 25.8. The third-order valence-electron chi connectivity index (χ3n) is 1.56. The van der Waals surface area contributed by atoms with E-state index in [1.165, 1.54) is 29.2 Å². The number of nitrogens with zero attached hydrogens (tertiary/aromatic N) is 3. The molecule has 0 aromatic carbocycles. The van der Waals surface area contributed by atoms with Crippen molar-refractivity contribution in [2.24, 2.45) is 0 Å². The Bertz CT molecular complexity index is 396. The van der Waals surface area contributed by atoms with E-state index in [0.29, 0.717) is 5.52 Å². The van der Waals surface area contributed by atoms with E-state index in [2.05, 4.69) is 9.97 Å². The van der Waals surface area contributed by atoms with E-state index in [4.69, 9.17) is 0 Å². The van der Waals surface area contributed by atoms with Gasteiger partial charge in [0.05, 0.1) is 17.9 Å². The first-order valence-corrected chi connectivity index (χ1v) is 3.34. The molecule has 0 bridgehead atoms. The average molecular weight is 169 g/mol. The summed E-state index contributed by atoms with van der Waals surface area (Å²) in [6.07, 6.45) is 3.22. The van der Waals surface area contributed by atoms with Gasteiger partial charge in [0, 0.05) is 12.4 Å². The fourth-order valence-corrected chi connectivity index (χ4v) is 1.03. The van der Waals surface area contributed by atoms with Gasteiger partial charge in [-0.15, -0.1) is 0 Å². The van der Waals surface area contributed by atoms with Crippen LogP contribution in [0.2, 0.25) is 0 Å². The van der Waals surface area contributed by atoms with E-state index >= 15 is 0 Å². The Kier molecular flexibility index (Phi) is 1.49. The molecule has 0 fully saturated rings. The van der Waals surface area contributed by atoms with Gasteiger partial charge in [-0.2, -0.15) is 0 Å². The molecule has 0 saturated heterocycles. The number of halogens is 2. The van der Waals surface area contributed by atoms with Gasteiger partial charge in [-0.25, -0.2) is 13.8 Å². The molecule has 5 heteroatoms. The van der Waals surface area contributed by atoms with Gasteiger partial charge in [0.2, 0.25) is 0 Å². The fraction of sp³-hybridized carbons (Fsp3) is 0.143. The van der Waals surface area contributed by atoms with E-state index in [9.17, 15) is 8.78 Å². The van der Waals surface area contributed by atoms with E-state index in [-0.39, 0.29) is 5.82 Å². The van der Waals surface area contributed by atoms with Crippen LogP contribution in [0.4, 0.5) is 8.78 Å². The van der Waals surface area contributed by atoms with Crippen LogP contribution < -0.4 is 0 Å². The molecule has 0 aliphatic carbocycles. The molecule has 3 nitrogen and oxygen atoms in total. The second kappa shape index (κ2) is 2.51. The number of imidazole rings is 1. The zero-order chi connectivity index (χ0) is 8.55. The number of aromatic nitrogens is 3. The van der Waals surface area contributed by atoms with Crippen molar-refractivity contribution < 1.29 is 8.78 Å². The van der Waals surface area contributed by atoms with Crippen molar-refractivity contribution in [1.29, 1.82) is 0 Å². The van der Waals surface area contributed by atoms with Crippen molar-refractivity contribution in [3.8, 4) is 0 Å². The van der Waals surface area contributed by atoms with Gasteiger partial charge in [0.1, 0.15) is 0 Å². The van der Waals surface area contributed by atoms with Crippen molar-refractivity contribution in [2.45, 2.75) is 6.43 Å². The van der Waals surface area contributed by atoms with E-state index < -0.39 is 6.43 Å². The second-order valence-electron chi connectivity index (χ2n) is 2.29. The minimum atomic E-state index is -2.55. The summed E-state index contributed by atoms with van der Waals surface area (Å²) in [5.74, 6) is -0.243. The molecule has 2 rings (SSSR count). The molecule has 0 N–H and O–H groups in total. The number of hydrogen-bond donors (Lipinski definition) is 0. The second-order valence-corrected chi connectivity index (χ2v) is 2.29. The summed E-state index contributed by atoms with van der Waals surface area (Å²) >= 11 is 0. The molecule has 2 aromatic rings. The quantitative estimate of drug-likeness (QED) is 0.649. The van der Waals surface area contributed by atoms with Crippen molar-refractivity contribution >= 4 is 5.52 Å². The summed E-state index contributed by atoms with van der Waals surface area (Å²) in [5.41, 5.74) is 0.577. The Hall–Kier alpha value is -1.52. The Morgan fingerprint density at radius 1 is 1.33 bits per heavy atom. The smallest absolute Gasteiger partial charge is 0.295 e. The summed E-state index contributed by atoms with van der Waals surface area (Å²) in [4.78, 5) is 7.35. The Morgan fingerprint density at radius 3 is 2.92 bits per heavy atom. The highest BCUT2D eigenvalue weighted by atomic mass is 19.3. The number of alkyl halides is 2. The molecule has 2 heterocycles. The van der Waals surface area contributed by atoms with Crippen LogP contribution in [-0.2, 0) is 0 Å². The topological polar surface area (TPSA) is 30.2 Å². The van der Waals surface area contributed by atoms with Gasteiger partial charge in [0.15, 0.2) is 5.82 Å². The maximum Gasteiger partial charge on any atom is 0.295 e. The Morgan fingerprint density at radius 2 is 2.17 bits per heavy atom. The highest BCUT2D eigenvalue weighted by Gasteiger charge is 2.12.